The lowest BCUT2D eigenvalue weighted by Crippen LogP contribution is -2.46. The molecule has 1 spiro atoms. The van der Waals surface area contributed by atoms with Gasteiger partial charge >= 0.3 is 0 Å². The summed E-state index contributed by atoms with van der Waals surface area (Å²) in [6.07, 6.45) is 6.07. The highest BCUT2D eigenvalue weighted by atomic mass is 28.4. The largest absolute Gasteiger partial charge is 0.411 e. The van der Waals surface area contributed by atoms with Crippen LogP contribution in [-0.4, -0.2) is 20.3 Å². The standard InChI is InChI=1S/C26H33NO2Si/c1-25(2,3)30(4,5)29-21-15-17-26(18-16-21)22-13-9-10-14-23(22)27(24(26)28)19-20-11-7-6-8-12-20/h6-15,17,21H,16,18-19H2,1-5H3/t21-,26+/m0/s1. The molecule has 2 aromatic rings. The van der Waals surface area contributed by atoms with Gasteiger partial charge in [-0.15, -0.1) is 0 Å². The highest BCUT2D eigenvalue weighted by Gasteiger charge is 2.50. The van der Waals surface area contributed by atoms with Crippen LogP contribution in [0.3, 0.4) is 0 Å². The van der Waals surface area contributed by atoms with Crippen LogP contribution in [0.1, 0.15) is 44.7 Å². The van der Waals surface area contributed by atoms with Gasteiger partial charge in [-0.2, -0.15) is 0 Å². The number of nitrogens with zero attached hydrogens (tertiary/aromatic N) is 1. The minimum atomic E-state index is -1.84. The van der Waals surface area contributed by atoms with Crippen molar-refractivity contribution in [3.8, 4) is 0 Å². The van der Waals surface area contributed by atoms with Crippen LogP contribution < -0.4 is 4.90 Å². The van der Waals surface area contributed by atoms with E-state index < -0.39 is 13.7 Å². The summed E-state index contributed by atoms with van der Waals surface area (Å²) in [5.41, 5.74) is 2.77. The Morgan fingerprint density at radius 1 is 1.07 bits per heavy atom. The van der Waals surface area contributed by atoms with Crippen LogP contribution in [0, 0.1) is 0 Å². The molecule has 2 atom stereocenters. The van der Waals surface area contributed by atoms with E-state index in [1.54, 1.807) is 0 Å². The van der Waals surface area contributed by atoms with Crippen LogP contribution >= 0.6 is 0 Å². The molecule has 1 aliphatic carbocycles. The SMILES string of the molecule is CC(C)(C)[Si](C)(C)O[C@H]1C=C[C@]2(CC1)C(=O)N(Cc1ccccc1)c1ccccc12. The fourth-order valence-corrected chi connectivity index (χ4v) is 5.66. The van der Waals surface area contributed by atoms with Gasteiger partial charge in [-0.25, -0.2) is 0 Å². The maximum Gasteiger partial charge on any atom is 0.241 e. The van der Waals surface area contributed by atoms with Gasteiger partial charge in [0.25, 0.3) is 0 Å². The number of carbonyl (C=O) groups is 1. The molecule has 158 valence electrons. The number of rotatable bonds is 4. The second-order valence-electron chi connectivity index (χ2n) is 10.2. The molecule has 4 rings (SSSR count). The first-order valence-electron chi connectivity index (χ1n) is 11.0. The number of amides is 1. The number of hydrogen-bond acceptors (Lipinski definition) is 2. The minimum absolute atomic E-state index is 0.0969. The van der Waals surface area contributed by atoms with Crippen molar-refractivity contribution in [1.29, 1.82) is 0 Å². The van der Waals surface area contributed by atoms with Crippen LogP contribution in [0.4, 0.5) is 5.69 Å². The Kier molecular flexibility index (Phi) is 5.27. The third-order valence-electron chi connectivity index (χ3n) is 7.16. The van der Waals surface area contributed by atoms with Crippen molar-refractivity contribution in [1.82, 2.24) is 0 Å². The molecule has 1 amide bonds. The van der Waals surface area contributed by atoms with Crippen molar-refractivity contribution >= 4 is 19.9 Å². The van der Waals surface area contributed by atoms with Crippen LogP contribution in [-0.2, 0) is 21.2 Å². The van der Waals surface area contributed by atoms with E-state index in [0.29, 0.717) is 6.54 Å². The Balaban J connectivity index is 1.62. The van der Waals surface area contributed by atoms with Gasteiger partial charge in [-0.1, -0.05) is 81.5 Å². The number of hydrogen-bond donors (Lipinski definition) is 0. The summed E-state index contributed by atoms with van der Waals surface area (Å²) in [6, 6.07) is 18.5. The van der Waals surface area contributed by atoms with Gasteiger partial charge in [0.15, 0.2) is 8.32 Å². The zero-order chi connectivity index (χ0) is 21.6. The summed E-state index contributed by atoms with van der Waals surface area (Å²) in [4.78, 5) is 15.7. The third kappa shape index (κ3) is 3.56. The first-order chi connectivity index (χ1) is 14.1. The van der Waals surface area contributed by atoms with Crippen LogP contribution in [0.25, 0.3) is 0 Å². The van der Waals surface area contributed by atoms with Crippen LogP contribution in [0.15, 0.2) is 66.7 Å². The molecule has 3 nitrogen and oxygen atoms in total. The second kappa shape index (κ2) is 7.51. The molecule has 0 aromatic heterocycles. The van der Waals surface area contributed by atoms with E-state index in [1.165, 1.54) is 0 Å². The third-order valence-corrected chi connectivity index (χ3v) is 11.7. The molecule has 4 heteroatoms. The molecule has 1 heterocycles. The molecule has 1 aliphatic heterocycles. The minimum Gasteiger partial charge on any atom is -0.411 e. The average Bonchev–Trinajstić information content (AvgIpc) is 2.93. The summed E-state index contributed by atoms with van der Waals surface area (Å²) >= 11 is 0. The van der Waals surface area contributed by atoms with Crippen molar-refractivity contribution in [2.75, 3.05) is 4.90 Å². The molecule has 2 aliphatic rings. The zero-order valence-corrected chi connectivity index (χ0v) is 19.8. The normalized spacial score (nSPS) is 23.8. The molecule has 0 saturated carbocycles. The van der Waals surface area contributed by atoms with E-state index in [-0.39, 0.29) is 17.0 Å². The van der Waals surface area contributed by atoms with Crippen molar-refractivity contribution in [2.45, 2.75) is 69.8 Å². The number of anilines is 1. The summed E-state index contributed by atoms with van der Waals surface area (Å²) in [5.74, 6) is 0.189. The van der Waals surface area contributed by atoms with Crippen molar-refractivity contribution < 1.29 is 9.22 Å². The van der Waals surface area contributed by atoms with Gasteiger partial charge in [0.2, 0.25) is 5.91 Å². The van der Waals surface area contributed by atoms with Crippen molar-refractivity contribution in [3.63, 3.8) is 0 Å². The van der Waals surface area contributed by atoms with Crippen LogP contribution in [0.2, 0.25) is 18.1 Å². The number of carbonyl (C=O) groups excluding carboxylic acids is 1. The quantitative estimate of drug-likeness (QED) is 0.435. The smallest absolute Gasteiger partial charge is 0.241 e. The molecule has 30 heavy (non-hydrogen) atoms. The van der Waals surface area contributed by atoms with Gasteiger partial charge in [0.1, 0.15) is 0 Å². The molecule has 0 bridgehead atoms. The van der Waals surface area contributed by atoms with Crippen LogP contribution in [0.5, 0.6) is 0 Å². The van der Waals surface area contributed by atoms with Gasteiger partial charge < -0.3 is 9.33 Å². The molecule has 0 saturated heterocycles. The summed E-state index contributed by atoms with van der Waals surface area (Å²) in [6.45, 7) is 12.0. The lowest BCUT2D eigenvalue weighted by atomic mass is 9.74. The Morgan fingerprint density at radius 2 is 1.73 bits per heavy atom. The number of para-hydroxylation sites is 1. The average molecular weight is 420 g/mol. The molecular weight excluding hydrogens is 386 g/mol. The van der Waals surface area contributed by atoms with Gasteiger partial charge in [-0.3, -0.25) is 4.79 Å². The summed E-state index contributed by atoms with van der Waals surface area (Å²) < 4.78 is 6.62. The monoisotopic (exact) mass is 419 g/mol. The first kappa shape index (κ1) is 21.1. The number of benzene rings is 2. The summed E-state index contributed by atoms with van der Waals surface area (Å²) in [7, 11) is -1.84. The highest BCUT2D eigenvalue weighted by Crippen LogP contribution is 2.49. The maximum absolute atomic E-state index is 13.7. The van der Waals surface area contributed by atoms with Gasteiger partial charge in [-0.05, 0) is 48.2 Å². The fourth-order valence-electron chi connectivity index (χ4n) is 4.35. The second-order valence-corrected chi connectivity index (χ2v) is 14.9. The molecule has 0 unspecified atom stereocenters. The van der Waals surface area contributed by atoms with Crippen molar-refractivity contribution in [3.05, 3.63) is 77.9 Å². The van der Waals surface area contributed by atoms with Gasteiger partial charge in [0.05, 0.1) is 18.1 Å². The van der Waals surface area contributed by atoms with E-state index in [2.05, 4.69) is 70.3 Å². The number of fused-ring (bicyclic) bond motifs is 2. The Bertz CT molecular complexity index is 960. The van der Waals surface area contributed by atoms with E-state index in [0.717, 1.165) is 29.7 Å². The van der Waals surface area contributed by atoms with E-state index in [1.807, 2.05) is 35.2 Å². The fraction of sp³-hybridized carbons (Fsp3) is 0.423. The Hall–Kier alpha value is -2.17. The van der Waals surface area contributed by atoms with E-state index >= 15 is 0 Å². The zero-order valence-electron chi connectivity index (χ0n) is 18.8. The molecule has 0 radical (unpaired) electrons. The first-order valence-corrected chi connectivity index (χ1v) is 13.9. The molecule has 2 aromatic carbocycles. The predicted octanol–water partition coefficient (Wildman–Crippen LogP) is 6.21. The topological polar surface area (TPSA) is 29.5 Å². The highest BCUT2D eigenvalue weighted by molar-refractivity contribution is 6.74. The Labute approximate surface area is 181 Å². The molecule has 0 fully saturated rings. The lowest BCUT2D eigenvalue weighted by Gasteiger charge is -2.40. The Morgan fingerprint density at radius 3 is 2.37 bits per heavy atom. The van der Waals surface area contributed by atoms with E-state index in [4.69, 9.17) is 4.43 Å². The van der Waals surface area contributed by atoms with Crippen molar-refractivity contribution in [2.24, 2.45) is 0 Å². The molecule has 0 N–H and O–H groups in total. The maximum atomic E-state index is 13.7. The molecular formula is C26H33NO2Si. The predicted molar refractivity (Wildman–Crippen MR) is 126 cm³/mol. The van der Waals surface area contributed by atoms with Gasteiger partial charge in [0, 0.05) is 5.69 Å². The summed E-state index contributed by atoms with van der Waals surface area (Å²) in [5, 5.41) is 0.179. The lowest BCUT2D eigenvalue weighted by molar-refractivity contribution is -0.122. The van der Waals surface area contributed by atoms with E-state index in [9.17, 15) is 4.79 Å².